The molecule has 0 aliphatic carbocycles. The van der Waals surface area contributed by atoms with Gasteiger partial charge in [0.05, 0.1) is 18.8 Å². The Morgan fingerprint density at radius 3 is 2.40 bits per heavy atom. The third-order valence-corrected chi connectivity index (χ3v) is 4.30. The van der Waals surface area contributed by atoms with Gasteiger partial charge in [-0.25, -0.2) is 0 Å². The lowest BCUT2D eigenvalue weighted by Gasteiger charge is -2.28. The normalized spacial score (nSPS) is 21.9. The highest BCUT2D eigenvalue weighted by Gasteiger charge is 2.22. The van der Waals surface area contributed by atoms with E-state index in [1.165, 1.54) is 19.4 Å². The van der Waals surface area contributed by atoms with Crippen molar-refractivity contribution >= 4 is 0 Å². The second kappa shape index (κ2) is 9.01. The predicted molar refractivity (Wildman–Crippen MR) is 85.0 cm³/mol. The maximum atomic E-state index is 10.3. The zero-order valence-corrected chi connectivity index (χ0v) is 14.0. The fraction of sp³-hybridized carbons (Fsp3) is 1.00. The van der Waals surface area contributed by atoms with Crippen LogP contribution in [0.4, 0.5) is 0 Å². The van der Waals surface area contributed by atoms with E-state index in [-0.39, 0.29) is 0 Å². The van der Waals surface area contributed by atoms with Crippen molar-refractivity contribution in [3.8, 4) is 0 Å². The number of aliphatic hydroxyl groups is 1. The lowest BCUT2D eigenvalue weighted by Crippen LogP contribution is -2.36. The summed E-state index contributed by atoms with van der Waals surface area (Å²) in [5.74, 6) is 1.29. The number of nitrogens with zero attached hydrogens (tertiary/aromatic N) is 1. The highest BCUT2D eigenvalue weighted by atomic mass is 16.5. The molecule has 0 bridgehead atoms. The summed E-state index contributed by atoms with van der Waals surface area (Å²) in [6.07, 6.45) is 5.53. The molecule has 1 N–H and O–H groups in total. The van der Waals surface area contributed by atoms with Crippen LogP contribution in [-0.2, 0) is 4.74 Å². The van der Waals surface area contributed by atoms with Gasteiger partial charge in [0.2, 0.25) is 0 Å². The molecule has 120 valence electrons. The van der Waals surface area contributed by atoms with Gasteiger partial charge >= 0.3 is 0 Å². The Balaban J connectivity index is 2.08. The second-order valence-electron chi connectivity index (χ2n) is 7.34. The number of hydrogen-bond acceptors (Lipinski definition) is 3. The van der Waals surface area contributed by atoms with Crippen molar-refractivity contribution in [1.82, 2.24) is 4.90 Å². The van der Waals surface area contributed by atoms with E-state index in [1.807, 2.05) is 6.92 Å². The molecule has 2 unspecified atom stereocenters. The van der Waals surface area contributed by atoms with Crippen molar-refractivity contribution in [1.29, 1.82) is 0 Å². The molecular formula is C17H35NO2. The van der Waals surface area contributed by atoms with Gasteiger partial charge in [-0.1, -0.05) is 20.8 Å². The van der Waals surface area contributed by atoms with Crippen molar-refractivity contribution < 1.29 is 9.84 Å². The molecule has 2 atom stereocenters. The van der Waals surface area contributed by atoms with E-state index in [4.69, 9.17) is 4.74 Å². The Bertz CT molecular complexity index is 247. The first-order valence-electron chi connectivity index (χ1n) is 8.41. The average Bonchev–Trinajstić information content (AvgIpc) is 2.36. The topological polar surface area (TPSA) is 32.7 Å². The standard InChI is InChI=1S/C17H35NO2/c1-15(2)14-17(4,19)8-7-16(3)6-5-9-18-10-12-20-13-11-18/h15-16,19H,5-14H2,1-4H3. The highest BCUT2D eigenvalue weighted by Crippen LogP contribution is 2.25. The van der Waals surface area contributed by atoms with Gasteiger partial charge < -0.3 is 9.84 Å². The van der Waals surface area contributed by atoms with E-state index in [0.717, 1.165) is 51.5 Å². The van der Waals surface area contributed by atoms with Gasteiger partial charge in [0.25, 0.3) is 0 Å². The minimum atomic E-state index is -0.480. The van der Waals surface area contributed by atoms with Gasteiger partial charge in [-0.3, -0.25) is 4.90 Å². The zero-order valence-electron chi connectivity index (χ0n) is 14.0. The van der Waals surface area contributed by atoms with E-state index >= 15 is 0 Å². The fourth-order valence-electron chi connectivity index (χ4n) is 3.17. The first-order chi connectivity index (χ1) is 9.39. The summed E-state index contributed by atoms with van der Waals surface area (Å²) in [5.41, 5.74) is -0.480. The van der Waals surface area contributed by atoms with Gasteiger partial charge in [-0.15, -0.1) is 0 Å². The van der Waals surface area contributed by atoms with Crippen LogP contribution in [-0.4, -0.2) is 48.5 Å². The van der Waals surface area contributed by atoms with Gasteiger partial charge in [0.1, 0.15) is 0 Å². The Morgan fingerprint density at radius 1 is 1.15 bits per heavy atom. The number of rotatable bonds is 9. The summed E-state index contributed by atoms with van der Waals surface area (Å²) in [6.45, 7) is 13.9. The molecule has 0 aromatic heterocycles. The summed E-state index contributed by atoms with van der Waals surface area (Å²) < 4.78 is 5.37. The molecule has 1 rings (SSSR count). The highest BCUT2D eigenvalue weighted by molar-refractivity contribution is 4.75. The van der Waals surface area contributed by atoms with Crippen molar-refractivity contribution in [3.63, 3.8) is 0 Å². The molecule has 3 heteroatoms. The third-order valence-electron chi connectivity index (χ3n) is 4.30. The molecular weight excluding hydrogens is 250 g/mol. The van der Waals surface area contributed by atoms with E-state index < -0.39 is 5.60 Å². The number of morpholine rings is 1. The van der Waals surface area contributed by atoms with Crippen LogP contribution >= 0.6 is 0 Å². The van der Waals surface area contributed by atoms with Crippen LogP contribution in [0.25, 0.3) is 0 Å². The Hall–Kier alpha value is -0.120. The Kier molecular flexibility index (Phi) is 8.08. The maximum absolute atomic E-state index is 10.3. The molecule has 0 amide bonds. The molecule has 1 heterocycles. The van der Waals surface area contributed by atoms with Crippen molar-refractivity contribution in [2.75, 3.05) is 32.8 Å². The molecule has 1 saturated heterocycles. The molecule has 3 nitrogen and oxygen atoms in total. The van der Waals surface area contributed by atoms with E-state index in [1.54, 1.807) is 0 Å². The number of ether oxygens (including phenoxy) is 1. The van der Waals surface area contributed by atoms with E-state index in [2.05, 4.69) is 25.7 Å². The van der Waals surface area contributed by atoms with Crippen LogP contribution in [0.2, 0.25) is 0 Å². The quantitative estimate of drug-likeness (QED) is 0.705. The third kappa shape index (κ3) is 8.23. The smallest absolute Gasteiger partial charge is 0.0622 e. The van der Waals surface area contributed by atoms with Crippen LogP contribution < -0.4 is 0 Å². The van der Waals surface area contributed by atoms with Crippen LogP contribution in [0.15, 0.2) is 0 Å². The molecule has 0 radical (unpaired) electrons. The number of hydrogen-bond donors (Lipinski definition) is 1. The molecule has 1 fully saturated rings. The molecule has 0 aromatic rings. The van der Waals surface area contributed by atoms with Crippen LogP contribution in [0.5, 0.6) is 0 Å². The van der Waals surface area contributed by atoms with Gasteiger partial charge in [-0.2, -0.15) is 0 Å². The van der Waals surface area contributed by atoms with Gasteiger partial charge in [-0.05, 0) is 57.4 Å². The SMILES string of the molecule is CC(C)CC(C)(O)CCC(C)CCCN1CCOCC1. The monoisotopic (exact) mass is 285 g/mol. The van der Waals surface area contributed by atoms with Crippen LogP contribution in [0.3, 0.4) is 0 Å². The largest absolute Gasteiger partial charge is 0.390 e. The fourth-order valence-corrected chi connectivity index (χ4v) is 3.17. The summed E-state index contributed by atoms with van der Waals surface area (Å²) >= 11 is 0. The molecule has 1 aliphatic heterocycles. The zero-order chi connectivity index (χ0) is 15.0. The van der Waals surface area contributed by atoms with Crippen molar-refractivity contribution in [3.05, 3.63) is 0 Å². The maximum Gasteiger partial charge on any atom is 0.0622 e. The minimum absolute atomic E-state index is 0.480. The molecule has 20 heavy (non-hydrogen) atoms. The summed E-state index contributed by atoms with van der Waals surface area (Å²) in [6, 6.07) is 0. The average molecular weight is 285 g/mol. The first kappa shape index (κ1) is 17.9. The molecule has 0 aromatic carbocycles. The lowest BCUT2D eigenvalue weighted by molar-refractivity contribution is 0.0231. The summed E-state index contributed by atoms with van der Waals surface area (Å²) in [7, 11) is 0. The predicted octanol–water partition coefficient (Wildman–Crippen LogP) is 3.31. The van der Waals surface area contributed by atoms with Crippen molar-refractivity contribution in [2.24, 2.45) is 11.8 Å². The van der Waals surface area contributed by atoms with Crippen LogP contribution in [0.1, 0.15) is 59.8 Å². The minimum Gasteiger partial charge on any atom is -0.390 e. The van der Waals surface area contributed by atoms with Gasteiger partial charge in [0.15, 0.2) is 0 Å². The van der Waals surface area contributed by atoms with E-state index in [9.17, 15) is 5.11 Å². The summed E-state index contributed by atoms with van der Waals surface area (Å²) in [4.78, 5) is 2.51. The molecule has 0 saturated carbocycles. The Labute approximate surface area is 125 Å². The molecule has 0 spiro atoms. The lowest BCUT2D eigenvalue weighted by atomic mass is 9.86. The first-order valence-corrected chi connectivity index (χ1v) is 8.41. The van der Waals surface area contributed by atoms with Crippen molar-refractivity contribution in [2.45, 2.75) is 65.4 Å². The summed E-state index contributed by atoms with van der Waals surface area (Å²) in [5, 5.41) is 10.3. The molecule has 1 aliphatic rings. The van der Waals surface area contributed by atoms with Crippen LogP contribution in [0, 0.1) is 11.8 Å². The Morgan fingerprint density at radius 2 is 1.80 bits per heavy atom. The van der Waals surface area contributed by atoms with E-state index in [0.29, 0.717) is 5.92 Å². The van der Waals surface area contributed by atoms with Gasteiger partial charge in [0, 0.05) is 13.1 Å². The second-order valence-corrected chi connectivity index (χ2v) is 7.34.